The molecule has 0 bridgehead atoms. The Balaban J connectivity index is 1.32. The summed E-state index contributed by atoms with van der Waals surface area (Å²) in [6.45, 7) is 5.69. The highest BCUT2D eigenvalue weighted by molar-refractivity contribution is 6.05. The molecule has 0 saturated carbocycles. The Kier molecular flexibility index (Phi) is 5.78. The summed E-state index contributed by atoms with van der Waals surface area (Å²) in [6.07, 6.45) is 3.68. The van der Waals surface area contributed by atoms with Crippen LogP contribution in [0.25, 0.3) is 22.4 Å². The summed E-state index contributed by atoms with van der Waals surface area (Å²) in [5, 5.41) is 15.6. The van der Waals surface area contributed by atoms with Gasteiger partial charge >= 0.3 is 0 Å². The van der Waals surface area contributed by atoms with Gasteiger partial charge in [0.1, 0.15) is 23.5 Å². The number of carbonyl (C=O) groups excluding carboxylic acids is 1. The van der Waals surface area contributed by atoms with E-state index >= 15 is 0 Å². The first-order chi connectivity index (χ1) is 16.1. The van der Waals surface area contributed by atoms with E-state index in [0.717, 1.165) is 42.6 Å². The van der Waals surface area contributed by atoms with Gasteiger partial charge in [-0.3, -0.25) is 4.79 Å². The summed E-state index contributed by atoms with van der Waals surface area (Å²) in [6, 6.07) is 14.0. The second kappa shape index (κ2) is 9.03. The second-order valence-electron chi connectivity index (χ2n) is 8.53. The maximum atomic E-state index is 12.9. The largest absolute Gasteiger partial charge is 0.382 e. The summed E-state index contributed by atoms with van der Waals surface area (Å²) in [7, 11) is 0. The number of pyridine rings is 1. The molecule has 5 rings (SSSR count). The van der Waals surface area contributed by atoms with Crippen LogP contribution < -0.4 is 10.6 Å². The molecule has 1 fully saturated rings. The molecule has 0 unspecified atom stereocenters. The molecule has 0 atom stereocenters. The molecule has 9 nitrogen and oxygen atoms in total. The van der Waals surface area contributed by atoms with Gasteiger partial charge in [0.05, 0.1) is 0 Å². The number of rotatable bonds is 6. The van der Waals surface area contributed by atoms with Crippen LogP contribution in [0.15, 0.2) is 48.8 Å². The Labute approximate surface area is 191 Å². The predicted molar refractivity (Wildman–Crippen MR) is 127 cm³/mol. The number of H-pyrrole nitrogens is 1. The fourth-order valence-electron chi connectivity index (χ4n) is 4.03. The van der Waals surface area contributed by atoms with Crippen LogP contribution in [0.4, 0.5) is 11.5 Å². The van der Waals surface area contributed by atoms with Crippen LogP contribution in [0.3, 0.4) is 0 Å². The zero-order valence-corrected chi connectivity index (χ0v) is 18.7. The van der Waals surface area contributed by atoms with Gasteiger partial charge in [0.2, 0.25) is 0 Å². The Bertz CT molecular complexity index is 1270. The molecule has 1 saturated heterocycles. The van der Waals surface area contributed by atoms with E-state index in [1.54, 1.807) is 12.4 Å². The summed E-state index contributed by atoms with van der Waals surface area (Å²) in [4.78, 5) is 20.7. The highest BCUT2D eigenvalue weighted by Gasteiger charge is 2.16. The topological polar surface area (TPSA) is 110 Å². The number of hydrogen-bond acceptors (Lipinski definition) is 6. The predicted octanol–water partition coefficient (Wildman–Crippen LogP) is 4.25. The molecule has 3 aromatic heterocycles. The lowest BCUT2D eigenvalue weighted by atomic mass is 10.1. The highest BCUT2D eigenvalue weighted by Crippen LogP contribution is 2.23. The number of fused-ring (bicyclic) bond motifs is 1. The van der Waals surface area contributed by atoms with Gasteiger partial charge in [0, 0.05) is 41.9 Å². The fraction of sp³-hybridized carbons (Fsp3) is 0.333. The van der Waals surface area contributed by atoms with Crippen LogP contribution in [-0.4, -0.2) is 49.9 Å². The first-order valence-electron chi connectivity index (χ1n) is 11.2. The molecule has 0 aliphatic carbocycles. The van der Waals surface area contributed by atoms with Crippen LogP contribution in [-0.2, 0) is 4.74 Å². The van der Waals surface area contributed by atoms with Crippen molar-refractivity contribution in [2.45, 2.75) is 38.8 Å². The molecule has 3 N–H and O–H groups in total. The van der Waals surface area contributed by atoms with Crippen molar-refractivity contribution in [3.8, 4) is 11.5 Å². The Morgan fingerprint density at radius 3 is 2.85 bits per heavy atom. The van der Waals surface area contributed by atoms with E-state index in [1.807, 2.05) is 41.0 Å². The van der Waals surface area contributed by atoms with Crippen LogP contribution in [0.1, 0.15) is 43.2 Å². The van der Waals surface area contributed by atoms with Gasteiger partial charge in [-0.25, -0.2) is 4.98 Å². The Hall–Kier alpha value is -3.72. The minimum atomic E-state index is -0.250. The monoisotopic (exact) mass is 445 g/mol. The third kappa shape index (κ3) is 4.58. The van der Waals surface area contributed by atoms with Crippen molar-refractivity contribution in [3.05, 3.63) is 54.5 Å². The second-order valence-corrected chi connectivity index (χ2v) is 8.53. The van der Waals surface area contributed by atoms with Crippen LogP contribution in [0.5, 0.6) is 0 Å². The van der Waals surface area contributed by atoms with Crippen LogP contribution >= 0.6 is 0 Å². The van der Waals surface area contributed by atoms with E-state index in [1.165, 1.54) is 0 Å². The number of carbonyl (C=O) groups is 1. The lowest BCUT2D eigenvalue weighted by molar-refractivity contribution is 0.0904. The molecular weight excluding hydrogens is 418 g/mol. The minimum absolute atomic E-state index is 0.201. The smallest absolute Gasteiger partial charge is 0.273 e. The summed E-state index contributed by atoms with van der Waals surface area (Å²) in [5.74, 6) is 0.868. The molecule has 1 aromatic carbocycles. The first-order valence-corrected chi connectivity index (χ1v) is 11.2. The van der Waals surface area contributed by atoms with Gasteiger partial charge in [-0.2, -0.15) is 0 Å². The van der Waals surface area contributed by atoms with Gasteiger partial charge in [-0.1, -0.05) is 12.1 Å². The Morgan fingerprint density at radius 2 is 2.03 bits per heavy atom. The van der Waals surface area contributed by atoms with Crippen LogP contribution in [0.2, 0.25) is 0 Å². The number of ether oxygens (including phenoxy) is 1. The number of aromatic nitrogens is 5. The molecular formula is C24H27N7O2. The van der Waals surface area contributed by atoms with E-state index in [2.05, 4.69) is 44.6 Å². The van der Waals surface area contributed by atoms with Gasteiger partial charge in [0.15, 0.2) is 5.82 Å². The maximum Gasteiger partial charge on any atom is 0.273 e. The van der Waals surface area contributed by atoms with Crippen molar-refractivity contribution in [1.29, 1.82) is 0 Å². The van der Waals surface area contributed by atoms with Gasteiger partial charge in [0.25, 0.3) is 5.91 Å². The molecule has 9 heteroatoms. The molecule has 170 valence electrons. The van der Waals surface area contributed by atoms with Gasteiger partial charge in [-0.15, -0.1) is 10.2 Å². The zero-order valence-electron chi connectivity index (χ0n) is 18.7. The van der Waals surface area contributed by atoms with Crippen LogP contribution in [0, 0.1) is 0 Å². The standard InChI is InChI=1S/C24H27N7O2/c1-15(2)31-14-25-30-23(31)19-4-3-5-22(28-19)29-24(32)21-12-16-6-7-18(13-20(16)27-21)26-17-8-10-33-11-9-17/h3-7,12-15,17,26-27H,8-11H2,1-2H3,(H,28,29,32). The number of anilines is 2. The van der Waals surface area contributed by atoms with E-state index in [9.17, 15) is 4.79 Å². The van der Waals surface area contributed by atoms with Gasteiger partial charge in [-0.05, 0) is 57.0 Å². The first kappa shape index (κ1) is 21.1. The summed E-state index contributed by atoms with van der Waals surface area (Å²) in [5.41, 5.74) is 3.07. The number of hydrogen-bond donors (Lipinski definition) is 3. The van der Waals surface area contributed by atoms with Crippen molar-refractivity contribution >= 4 is 28.3 Å². The molecule has 33 heavy (non-hydrogen) atoms. The average molecular weight is 446 g/mol. The molecule has 4 heterocycles. The van der Waals surface area contributed by atoms with Crippen molar-refractivity contribution in [2.75, 3.05) is 23.8 Å². The number of nitrogens with zero attached hydrogens (tertiary/aromatic N) is 4. The van der Waals surface area contributed by atoms with Crippen molar-refractivity contribution in [1.82, 2.24) is 24.7 Å². The van der Waals surface area contributed by atoms with Crippen molar-refractivity contribution in [3.63, 3.8) is 0 Å². The van der Waals surface area contributed by atoms with E-state index in [4.69, 9.17) is 4.74 Å². The SMILES string of the molecule is CC(C)n1cnnc1-c1cccc(NC(=O)c2cc3ccc(NC4CCOCC4)cc3[nH]2)n1. The number of aromatic amines is 1. The number of nitrogens with one attached hydrogen (secondary N) is 3. The molecule has 1 aliphatic rings. The van der Waals surface area contributed by atoms with E-state index < -0.39 is 0 Å². The maximum absolute atomic E-state index is 12.9. The highest BCUT2D eigenvalue weighted by atomic mass is 16.5. The van der Waals surface area contributed by atoms with E-state index in [0.29, 0.717) is 29.1 Å². The molecule has 0 radical (unpaired) electrons. The minimum Gasteiger partial charge on any atom is -0.382 e. The number of amides is 1. The number of benzene rings is 1. The lowest BCUT2D eigenvalue weighted by Gasteiger charge is -2.24. The lowest BCUT2D eigenvalue weighted by Crippen LogP contribution is -2.27. The summed E-state index contributed by atoms with van der Waals surface area (Å²) >= 11 is 0. The third-order valence-corrected chi connectivity index (χ3v) is 5.81. The molecule has 1 aliphatic heterocycles. The normalized spacial score (nSPS) is 14.6. The summed E-state index contributed by atoms with van der Waals surface area (Å²) < 4.78 is 7.37. The fourth-order valence-corrected chi connectivity index (χ4v) is 4.03. The van der Waals surface area contributed by atoms with Crippen molar-refractivity contribution < 1.29 is 9.53 Å². The van der Waals surface area contributed by atoms with Crippen molar-refractivity contribution in [2.24, 2.45) is 0 Å². The molecule has 4 aromatic rings. The zero-order chi connectivity index (χ0) is 22.8. The quantitative estimate of drug-likeness (QED) is 0.409. The molecule has 0 spiro atoms. The average Bonchev–Trinajstić information content (AvgIpc) is 3.47. The van der Waals surface area contributed by atoms with E-state index in [-0.39, 0.29) is 11.9 Å². The third-order valence-electron chi connectivity index (χ3n) is 5.81. The van der Waals surface area contributed by atoms with Gasteiger partial charge < -0.3 is 24.9 Å². The Morgan fingerprint density at radius 1 is 1.18 bits per heavy atom. The molecule has 1 amide bonds.